The van der Waals surface area contributed by atoms with Crippen LogP contribution in [0.1, 0.15) is 56.7 Å². The molecule has 0 bridgehead atoms. The van der Waals surface area contributed by atoms with Crippen LogP contribution in [0, 0.1) is 31.4 Å². The first-order chi connectivity index (χ1) is 9.46. The van der Waals surface area contributed by atoms with Gasteiger partial charge in [-0.15, -0.1) is 0 Å². The van der Waals surface area contributed by atoms with Crippen LogP contribution in [0.15, 0.2) is 17.7 Å². The van der Waals surface area contributed by atoms with Gasteiger partial charge in [-0.05, 0) is 68.7 Å². The zero-order valence-corrected chi connectivity index (χ0v) is 13.3. The van der Waals surface area contributed by atoms with Gasteiger partial charge in [0.15, 0.2) is 11.6 Å². The molecule has 0 saturated carbocycles. The zero-order valence-electron chi connectivity index (χ0n) is 13.3. The standard InChI is InChI=1S/C18H26F2/c1-6-9-14(7-2)15(8-3)11-16-12(4)10-17(19)18(20)13(16)5/h8,10,14H,6-7,9,11H2,1-5H3/b15-8+. The Kier molecular flexibility index (Phi) is 6.38. The molecule has 1 aromatic rings. The molecule has 112 valence electrons. The number of hydrogen-bond acceptors (Lipinski definition) is 0. The largest absolute Gasteiger partial charge is 0.204 e. The smallest absolute Gasteiger partial charge is 0.162 e. The van der Waals surface area contributed by atoms with E-state index in [0.717, 1.165) is 36.8 Å². The topological polar surface area (TPSA) is 0 Å². The van der Waals surface area contributed by atoms with E-state index in [-0.39, 0.29) is 0 Å². The molecule has 0 aliphatic heterocycles. The minimum absolute atomic E-state index is 0.452. The number of rotatable bonds is 6. The highest BCUT2D eigenvalue weighted by Crippen LogP contribution is 2.28. The van der Waals surface area contributed by atoms with Crippen LogP contribution in [-0.4, -0.2) is 0 Å². The van der Waals surface area contributed by atoms with Crippen molar-refractivity contribution < 1.29 is 8.78 Å². The van der Waals surface area contributed by atoms with Crippen molar-refractivity contribution in [3.05, 3.63) is 46.0 Å². The maximum Gasteiger partial charge on any atom is 0.162 e. The molecule has 0 fully saturated rings. The van der Waals surface area contributed by atoms with Gasteiger partial charge >= 0.3 is 0 Å². The van der Waals surface area contributed by atoms with Gasteiger partial charge in [0.2, 0.25) is 0 Å². The Labute approximate surface area is 121 Å². The van der Waals surface area contributed by atoms with E-state index in [2.05, 4.69) is 19.9 Å². The van der Waals surface area contributed by atoms with Gasteiger partial charge in [0.25, 0.3) is 0 Å². The summed E-state index contributed by atoms with van der Waals surface area (Å²) in [6.45, 7) is 9.95. The van der Waals surface area contributed by atoms with E-state index in [9.17, 15) is 8.78 Å². The quantitative estimate of drug-likeness (QED) is 0.569. The maximum atomic E-state index is 13.8. The first kappa shape index (κ1) is 16.9. The molecular weight excluding hydrogens is 254 g/mol. The molecular formula is C18H26F2. The Morgan fingerprint density at radius 1 is 1.25 bits per heavy atom. The Bertz CT molecular complexity index is 487. The summed E-state index contributed by atoms with van der Waals surface area (Å²) >= 11 is 0. The third-order valence-corrected chi connectivity index (χ3v) is 4.22. The van der Waals surface area contributed by atoms with E-state index in [1.807, 2.05) is 13.8 Å². The molecule has 20 heavy (non-hydrogen) atoms. The minimum Gasteiger partial charge on any atom is -0.204 e. The van der Waals surface area contributed by atoms with E-state index in [1.165, 1.54) is 11.6 Å². The second-order valence-corrected chi connectivity index (χ2v) is 5.53. The summed E-state index contributed by atoms with van der Waals surface area (Å²) in [5.74, 6) is -0.909. The summed E-state index contributed by atoms with van der Waals surface area (Å²) in [6.07, 6.45) is 6.26. The van der Waals surface area contributed by atoms with Gasteiger partial charge in [0, 0.05) is 0 Å². The zero-order chi connectivity index (χ0) is 15.3. The SMILES string of the molecule is C/C=C(\Cc1c(C)cc(F)c(F)c1C)C(CC)CCC. The normalized spacial score (nSPS) is 13.7. The summed E-state index contributed by atoms with van der Waals surface area (Å²) in [7, 11) is 0. The number of benzene rings is 1. The highest BCUT2D eigenvalue weighted by atomic mass is 19.2. The fourth-order valence-electron chi connectivity index (χ4n) is 2.91. The predicted molar refractivity (Wildman–Crippen MR) is 82.0 cm³/mol. The average Bonchev–Trinajstić information content (AvgIpc) is 2.43. The van der Waals surface area contributed by atoms with Crippen LogP contribution >= 0.6 is 0 Å². The molecule has 0 heterocycles. The molecule has 2 heteroatoms. The third-order valence-electron chi connectivity index (χ3n) is 4.22. The molecule has 0 amide bonds. The number of allylic oxidation sites excluding steroid dienone is 2. The van der Waals surface area contributed by atoms with Gasteiger partial charge in [-0.2, -0.15) is 0 Å². The Balaban J connectivity index is 3.11. The molecule has 0 spiro atoms. The van der Waals surface area contributed by atoms with Crippen LogP contribution in [0.3, 0.4) is 0 Å². The van der Waals surface area contributed by atoms with Gasteiger partial charge in [0.1, 0.15) is 0 Å². The van der Waals surface area contributed by atoms with Crippen molar-refractivity contribution in [3.63, 3.8) is 0 Å². The predicted octanol–water partition coefficient (Wildman–Crippen LogP) is 5.90. The second-order valence-electron chi connectivity index (χ2n) is 5.53. The molecule has 0 saturated heterocycles. The lowest BCUT2D eigenvalue weighted by Crippen LogP contribution is -2.09. The molecule has 1 rings (SSSR count). The lowest BCUT2D eigenvalue weighted by atomic mass is 9.85. The fourth-order valence-corrected chi connectivity index (χ4v) is 2.91. The van der Waals surface area contributed by atoms with Crippen molar-refractivity contribution in [2.24, 2.45) is 5.92 Å². The van der Waals surface area contributed by atoms with Crippen molar-refractivity contribution in [2.45, 2.75) is 60.3 Å². The summed E-state index contributed by atoms with van der Waals surface area (Å²) in [5, 5.41) is 0. The molecule has 0 aliphatic carbocycles. The molecule has 1 aromatic carbocycles. The summed E-state index contributed by atoms with van der Waals surface area (Å²) in [4.78, 5) is 0. The van der Waals surface area contributed by atoms with Crippen LogP contribution in [0.25, 0.3) is 0 Å². The van der Waals surface area contributed by atoms with Gasteiger partial charge in [-0.25, -0.2) is 8.78 Å². The van der Waals surface area contributed by atoms with Crippen LogP contribution in [0.2, 0.25) is 0 Å². The summed E-state index contributed by atoms with van der Waals surface area (Å²) in [5.41, 5.74) is 3.57. The minimum atomic E-state index is -0.744. The molecule has 0 aliphatic rings. The average molecular weight is 280 g/mol. The van der Waals surface area contributed by atoms with Crippen LogP contribution in [-0.2, 0) is 6.42 Å². The molecule has 1 atom stereocenters. The van der Waals surface area contributed by atoms with Crippen molar-refractivity contribution in [2.75, 3.05) is 0 Å². The van der Waals surface area contributed by atoms with Crippen LogP contribution in [0.4, 0.5) is 8.78 Å². The van der Waals surface area contributed by atoms with E-state index in [0.29, 0.717) is 11.5 Å². The Morgan fingerprint density at radius 3 is 2.40 bits per heavy atom. The Hall–Kier alpha value is -1.18. The lowest BCUT2D eigenvalue weighted by Gasteiger charge is -2.21. The van der Waals surface area contributed by atoms with Crippen molar-refractivity contribution in [1.82, 2.24) is 0 Å². The van der Waals surface area contributed by atoms with Gasteiger partial charge in [-0.1, -0.05) is 31.9 Å². The van der Waals surface area contributed by atoms with Gasteiger partial charge in [-0.3, -0.25) is 0 Å². The van der Waals surface area contributed by atoms with Crippen molar-refractivity contribution in [1.29, 1.82) is 0 Å². The van der Waals surface area contributed by atoms with Gasteiger partial charge < -0.3 is 0 Å². The monoisotopic (exact) mass is 280 g/mol. The fraction of sp³-hybridized carbons (Fsp3) is 0.556. The molecule has 0 radical (unpaired) electrons. The van der Waals surface area contributed by atoms with Crippen LogP contribution < -0.4 is 0 Å². The molecule has 0 nitrogen and oxygen atoms in total. The van der Waals surface area contributed by atoms with E-state index in [1.54, 1.807) is 6.92 Å². The lowest BCUT2D eigenvalue weighted by molar-refractivity contribution is 0.497. The van der Waals surface area contributed by atoms with E-state index in [4.69, 9.17) is 0 Å². The van der Waals surface area contributed by atoms with Crippen LogP contribution in [0.5, 0.6) is 0 Å². The summed E-state index contributed by atoms with van der Waals surface area (Å²) < 4.78 is 27.2. The van der Waals surface area contributed by atoms with E-state index < -0.39 is 11.6 Å². The van der Waals surface area contributed by atoms with Crippen molar-refractivity contribution in [3.8, 4) is 0 Å². The van der Waals surface area contributed by atoms with Gasteiger partial charge in [0.05, 0.1) is 0 Å². The number of halogens is 2. The first-order valence-corrected chi connectivity index (χ1v) is 7.55. The second kappa shape index (κ2) is 7.56. The summed E-state index contributed by atoms with van der Waals surface area (Å²) in [6, 6.07) is 1.31. The molecule has 1 unspecified atom stereocenters. The van der Waals surface area contributed by atoms with E-state index >= 15 is 0 Å². The molecule has 0 N–H and O–H groups in total. The number of aryl methyl sites for hydroxylation is 1. The Morgan fingerprint density at radius 2 is 1.90 bits per heavy atom. The number of hydrogen-bond donors (Lipinski definition) is 0. The third kappa shape index (κ3) is 3.68. The highest BCUT2D eigenvalue weighted by molar-refractivity contribution is 5.38. The first-order valence-electron chi connectivity index (χ1n) is 7.55. The molecule has 0 aromatic heterocycles. The highest BCUT2D eigenvalue weighted by Gasteiger charge is 2.17. The maximum absolute atomic E-state index is 13.8. The van der Waals surface area contributed by atoms with Crippen molar-refractivity contribution >= 4 is 0 Å².